The van der Waals surface area contributed by atoms with Gasteiger partial charge in [-0.15, -0.1) is 0 Å². The molecule has 2 rings (SSSR count). The largest absolute Gasteiger partial charge is 0.316 e. The molecule has 1 heterocycles. The molecule has 3 nitrogen and oxygen atoms in total. The van der Waals surface area contributed by atoms with Crippen LogP contribution >= 0.6 is 0 Å². The van der Waals surface area contributed by atoms with Crippen LogP contribution in [0.4, 0.5) is 0 Å². The van der Waals surface area contributed by atoms with Gasteiger partial charge in [0.2, 0.25) is 0 Å². The van der Waals surface area contributed by atoms with E-state index in [-0.39, 0.29) is 0 Å². The monoisotopic (exact) mass is 295 g/mol. The molecular formula is C18H37N3. The second-order valence-electron chi connectivity index (χ2n) is 7.92. The molecule has 1 N–H and O–H groups in total. The number of nitrogens with zero attached hydrogens (tertiary/aromatic N) is 2. The van der Waals surface area contributed by atoms with E-state index in [9.17, 15) is 0 Å². The van der Waals surface area contributed by atoms with Crippen LogP contribution in [0.2, 0.25) is 0 Å². The highest BCUT2D eigenvalue weighted by Gasteiger charge is 2.37. The number of hydrogen-bond acceptors (Lipinski definition) is 3. The highest BCUT2D eigenvalue weighted by Crippen LogP contribution is 2.40. The van der Waals surface area contributed by atoms with Gasteiger partial charge in [-0.05, 0) is 64.2 Å². The molecule has 21 heavy (non-hydrogen) atoms. The summed E-state index contributed by atoms with van der Waals surface area (Å²) >= 11 is 0. The van der Waals surface area contributed by atoms with Crippen molar-refractivity contribution < 1.29 is 0 Å². The highest BCUT2D eigenvalue weighted by molar-refractivity contribution is 4.91. The molecular weight excluding hydrogens is 258 g/mol. The van der Waals surface area contributed by atoms with E-state index in [0.717, 1.165) is 12.5 Å². The third-order valence-electron chi connectivity index (χ3n) is 5.66. The molecule has 3 atom stereocenters. The second kappa shape index (κ2) is 7.94. The van der Waals surface area contributed by atoms with Crippen LogP contribution in [0.25, 0.3) is 0 Å². The summed E-state index contributed by atoms with van der Waals surface area (Å²) in [7, 11) is 2.27. The van der Waals surface area contributed by atoms with Crippen molar-refractivity contribution in [1.29, 1.82) is 0 Å². The van der Waals surface area contributed by atoms with Crippen LogP contribution in [-0.2, 0) is 0 Å². The molecule has 1 saturated heterocycles. The van der Waals surface area contributed by atoms with Crippen molar-refractivity contribution >= 4 is 0 Å². The van der Waals surface area contributed by atoms with Crippen molar-refractivity contribution in [3.05, 3.63) is 0 Å². The SMILES string of the molecule is CCNCC1(CN2CCCN(C)CC2C)CCCC(C)C1. The summed E-state index contributed by atoms with van der Waals surface area (Å²) in [5, 5.41) is 3.67. The maximum atomic E-state index is 3.67. The molecule has 1 aliphatic heterocycles. The predicted molar refractivity (Wildman–Crippen MR) is 91.8 cm³/mol. The molecule has 1 aliphatic carbocycles. The maximum Gasteiger partial charge on any atom is 0.0195 e. The fraction of sp³-hybridized carbons (Fsp3) is 1.00. The minimum Gasteiger partial charge on any atom is -0.316 e. The summed E-state index contributed by atoms with van der Waals surface area (Å²) in [5.74, 6) is 0.905. The predicted octanol–water partition coefficient (Wildman–Crippen LogP) is 2.82. The van der Waals surface area contributed by atoms with Gasteiger partial charge in [-0.1, -0.05) is 26.7 Å². The molecule has 0 aromatic heterocycles. The summed E-state index contributed by atoms with van der Waals surface area (Å²) in [6, 6.07) is 0.702. The van der Waals surface area contributed by atoms with Gasteiger partial charge in [0.15, 0.2) is 0 Å². The Labute approximate surface area is 132 Å². The van der Waals surface area contributed by atoms with Gasteiger partial charge in [0.25, 0.3) is 0 Å². The molecule has 124 valence electrons. The van der Waals surface area contributed by atoms with Gasteiger partial charge in [0.1, 0.15) is 0 Å². The molecule has 1 saturated carbocycles. The van der Waals surface area contributed by atoms with Gasteiger partial charge in [-0.25, -0.2) is 0 Å². The quantitative estimate of drug-likeness (QED) is 0.841. The molecule has 0 aromatic rings. The first-order chi connectivity index (χ1) is 10.0. The lowest BCUT2D eigenvalue weighted by Gasteiger charge is -2.45. The van der Waals surface area contributed by atoms with Crippen molar-refractivity contribution in [3.63, 3.8) is 0 Å². The molecule has 2 aliphatic rings. The van der Waals surface area contributed by atoms with Gasteiger partial charge in [0, 0.05) is 25.7 Å². The number of nitrogens with one attached hydrogen (secondary N) is 1. The molecule has 0 radical (unpaired) electrons. The first kappa shape index (κ1) is 17.2. The zero-order valence-corrected chi connectivity index (χ0v) is 14.8. The van der Waals surface area contributed by atoms with E-state index in [1.165, 1.54) is 64.8 Å². The smallest absolute Gasteiger partial charge is 0.0195 e. The van der Waals surface area contributed by atoms with Crippen LogP contribution in [0.3, 0.4) is 0 Å². The van der Waals surface area contributed by atoms with Gasteiger partial charge in [-0.3, -0.25) is 4.90 Å². The normalized spacial score (nSPS) is 36.6. The third kappa shape index (κ3) is 4.94. The van der Waals surface area contributed by atoms with Crippen LogP contribution in [-0.4, -0.2) is 62.2 Å². The Kier molecular flexibility index (Phi) is 6.51. The summed E-state index contributed by atoms with van der Waals surface area (Å²) in [6.45, 7) is 14.5. The maximum absolute atomic E-state index is 3.67. The van der Waals surface area contributed by atoms with E-state index in [0.29, 0.717) is 11.5 Å². The Morgan fingerprint density at radius 3 is 2.71 bits per heavy atom. The van der Waals surface area contributed by atoms with Crippen molar-refractivity contribution in [1.82, 2.24) is 15.1 Å². The van der Waals surface area contributed by atoms with Crippen LogP contribution in [0, 0.1) is 11.3 Å². The van der Waals surface area contributed by atoms with E-state index in [1.807, 2.05) is 0 Å². The van der Waals surface area contributed by atoms with Crippen molar-refractivity contribution in [2.24, 2.45) is 11.3 Å². The summed E-state index contributed by atoms with van der Waals surface area (Å²) < 4.78 is 0. The highest BCUT2D eigenvalue weighted by atomic mass is 15.2. The van der Waals surface area contributed by atoms with Crippen LogP contribution in [0.15, 0.2) is 0 Å². The number of rotatable bonds is 5. The zero-order valence-electron chi connectivity index (χ0n) is 14.8. The topological polar surface area (TPSA) is 18.5 Å². The molecule has 0 bridgehead atoms. The van der Waals surface area contributed by atoms with Crippen LogP contribution in [0.1, 0.15) is 52.9 Å². The summed E-state index contributed by atoms with van der Waals surface area (Å²) in [6.07, 6.45) is 7.02. The molecule has 0 aromatic carbocycles. The first-order valence-corrected chi connectivity index (χ1v) is 9.18. The molecule has 3 heteroatoms. The Morgan fingerprint density at radius 1 is 1.19 bits per heavy atom. The fourth-order valence-electron chi connectivity index (χ4n) is 4.61. The van der Waals surface area contributed by atoms with E-state index in [2.05, 4.69) is 42.9 Å². The summed E-state index contributed by atoms with van der Waals surface area (Å²) in [4.78, 5) is 5.30. The number of likely N-dealkylation sites (N-methyl/N-ethyl adjacent to an activating group) is 1. The minimum atomic E-state index is 0.519. The Morgan fingerprint density at radius 2 is 2.00 bits per heavy atom. The minimum absolute atomic E-state index is 0.519. The van der Waals surface area contributed by atoms with Gasteiger partial charge in [-0.2, -0.15) is 0 Å². The zero-order chi connectivity index (χ0) is 15.3. The van der Waals surface area contributed by atoms with Crippen molar-refractivity contribution in [3.8, 4) is 0 Å². The number of hydrogen-bond donors (Lipinski definition) is 1. The average Bonchev–Trinajstić information content (AvgIpc) is 2.58. The van der Waals surface area contributed by atoms with Crippen molar-refractivity contribution in [2.75, 3.05) is 46.3 Å². The van der Waals surface area contributed by atoms with E-state index < -0.39 is 0 Å². The van der Waals surface area contributed by atoms with Crippen LogP contribution < -0.4 is 5.32 Å². The lowest BCUT2D eigenvalue weighted by Crippen LogP contribution is -2.50. The molecule has 0 amide bonds. The molecule has 3 unspecified atom stereocenters. The van der Waals surface area contributed by atoms with E-state index in [4.69, 9.17) is 0 Å². The van der Waals surface area contributed by atoms with Crippen LogP contribution in [0.5, 0.6) is 0 Å². The standard InChI is InChI=1S/C18H37N3/c1-5-19-14-18(9-6-8-16(2)12-18)15-21-11-7-10-20(4)13-17(21)3/h16-17,19H,5-15H2,1-4H3. The fourth-order valence-corrected chi connectivity index (χ4v) is 4.61. The Hall–Kier alpha value is -0.120. The third-order valence-corrected chi connectivity index (χ3v) is 5.66. The Bertz CT molecular complexity index is 307. The second-order valence-corrected chi connectivity index (χ2v) is 7.92. The molecule has 2 fully saturated rings. The lowest BCUT2D eigenvalue weighted by atomic mass is 9.69. The first-order valence-electron chi connectivity index (χ1n) is 9.18. The van der Waals surface area contributed by atoms with Gasteiger partial charge in [0.05, 0.1) is 0 Å². The Balaban J connectivity index is 2.02. The van der Waals surface area contributed by atoms with E-state index in [1.54, 1.807) is 0 Å². The lowest BCUT2D eigenvalue weighted by molar-refractivity contribution is 0.0627. The average molecular weight is 296 g/mol. The van der Waals surface area contributed by atoms with Gasteiger partial charge >= 0.3 is 0 Å². The molecule has 0 spiro atoms. The van der Waals surface area contributed by atoms with Gasteiger partial charge < -0.3 is 10.2 Å². The van der Waals surface area contributed by atoms with Crippen molar-refractivity contribution in [2.45, 2.75) is 58.9 Å². The summed E-state index contributed by atoms with van der Waals surface area (Å²) in [5.41, 5.74) is 0.519. The van der Waals surface area contributed by atoms with E-state index >= 15 is 0 Å².